The largest absolute Gasteiger partial charge is 0.369 e. The van der Waals surface area contributed by atoms with E-state index in [-0.39, 0.29) is 11.6 Å². The number of nitrogens with zero attached hydrogens (tertiary/aromatic N) is 2. The lowest BCUT2D eigenvalue weighted by Gasteiger charge is -2.09. The fourth-order valence-corrected chi connectivity index (χ4v) is 2.59. The minimum atomic E-state index is -0.705. The van der Waals surface area contributed by atoms with Crippen molar-refractivity contribution >= 4 is 32.9 Å². The van der Waals surface area contributed by atoms with Gasteiger partial charge in [-0.05, 0) is 36.8 Å². The third-order valence-electron chi connectivity index (χ3n) is 3.04. The van der Waals surface area contributed by atoms with Crippen molar-refractivity contribution < 1.29 is 8.78 Å². The molecule has 3 nitrogen and oxygen atoms in total. The average molecular weight is 338 g/mol. The molecule has 0 aliphatic heterocycles. The summed E-state index contributed by atoms with van der Waals surface area (Å²) in [6.07, 6.45) is 0. The Balaban J connectivity index is 2.38. The summed E-state index contributed by atoms with van der Waals surface area (Å²) < 4.78 is 29.8. The number of aromatic nitrogens is 2. The van der Waals surface area contributed by atoms with Crippen LogP contribution in [0.15, 0.2) is 34.8 Å². The number of aryl methyl sites for hydroxylation is 1. The Hall–Kier alpha value is -1.95. The van der Waals surface area contributed by atoms with E-state index in [1.807, 2.05) is 19.1 Å². The van der Waals surface area contributed by atoms with Crippen molar-refractivity contribution in [3.05, 3.63) is 52.0 Å². The molecule has 1 aromatic heterocycles. The van der Waals surface area contributed by atoms with E-state index in [0.29, 0.717) is 15.5 Å². The van der Waals surface area contributed by atoms with E-state index in [1.54, 1.807) is 6.07 Å². The van der Waals surface area contributed by atoms with E-state index in [4.69, 9.17) is 5.73 Å². The van der Waals surface area contributed by atoms with Crippen molar-refractivity contribution in [1.29, 1.82) is 0 Å². The molecule has 0 radical (unpaired) electrons. The van der Waals surface area contributed by atoms with Gasteiger partial charge in [-0.25, -0.2) is 13.8 Å². The fourth-order valence-electron chi connectivity index (χ4n) is 2.19. The number of hydrogen-bond donors (Lipinski definition) is 1. The monoisotopic (exact) mass is 337 g/mol. The van der Waals surface area contributed by atoms with Crippen LogP contribution in [0.3, 0.4) is 0 Å². The molecule has 0 spiro atoms. The molecule has 0 saturated heterocycles. The van der Waals surface area contributed by atoms with Crippen molar-refractivity contribution in [2.24, 2.45) is 0 Å². The fraction of sp³-hybridized carbons (Fsp3) is 0.0714. The number of hydrogen-bond acceptors (Lipinski definition) is 2. The molecule has 1 heterocycles. The summed E-state index contributed by atoms with van der Waals surface area (Å²) in [7, 11) is 0. The number of fused-ring (bicyclic) bond motifs is 1. The van der Waals surface area contributed by atoms with Crippen LogP contribution in [0.25, 0.3) is 16.7 Å². The van der Waals surface area contributed by atoms with Crippen LogP contribution < -0.4 is 5.73 Å². The van der Waals surface area contributed by atoms with Gasteiger partial charge in [0.1, 0.15) is 5.69 Å². The lowest BCUT2D eigenvalue weighted by Crippen LogP contribution is -2.05. The van der Waals surface area contributed by atoms with E-state index in [1.165, 1.54) is 16.7 Å². The van der Waals surface area contributed by atoms with Crippen molar-refractivity contribution in [3.8, 4) is 5.69 Å². The van der Waals surface area contributed by atoms with E-state index in [0.717, 1.165) is 5.56 Å². The van der Waals surface area contributed by atoms with Crippen LogP contribution in [0.5, 0.6) is 0 Å². The van der Waals surface area contributed by atoms with Gasteiger partial charge in [0.2, 0.25) is 5.95 Å². The molecule has 0 fully saturated rings. The molecule has 102 valence electrons. The molecule has 0 unspecified atom stereocenters. The first-order valence-electron chi connectivity index (χ1n) is 5.87. The minimum absolute atomic E-state index is 0.0470. The summed E-state index contributed by atoms with van der Waals surface area (Å²) >= 11 is 3.05. The van der Waals surface area contributed by atoms with Crippen LogP contribution in [0.4, 0.5) is 14.7 Å². The van der Waals surface area contributed by atoms with E-state index in [2.05, 4.69) is 20.9 Å². The van der Waals surface area contributed by atoms with Gasteiger partial charge in [-0.2, -0.15) is 0 Å². The zero-order valence-corrected chi connectivity index (χ0v) is 12.1. The predicted molar refractivity (Wildman–Crippen MR) is 77.8 cm³/mol. The molecule has 0 amide bonds. The van der Waals surface area contributed by atoms with Crippen molar-refractivity contribution in [2.75, 3.05) is 5.73 Å². The average Bonchev–Trinajstić information content (AvgIpc) is 2.64. The van der Waals surface area contributed by atoms with Gasteiger partial charge in [-0.3, -0.25) is 4.57 Å². The van der Waals surface area contributed by atoms with E-state index in [9.17, 15) is 8.78 Å². The van der Waals surface area contributed by atoms with Gasteiger partial charge in [0.25, 0.3) is 0 Å². The molecule has 0 aliphatic rings. The molecule has 20 heavy (non-hydrogen) atoms. The van der Waals surface area contributed by atoms with Crippen LogP contribution in [-0.4, -0.2) is 9.55 Å². The molecule has 3 aromatic rings. The summed E-state index contributed by atoms with van der Waals surface area (Å²) in [5.41, 5.74) is 7.76. The van der Waals surface area contributed by atoms with Gasteiger partial charge in [0.15, 0.2) is 11.6 Å². The Bertz CT molecular complexity index is 804. The first-order chi connectivity index (χ1) is 9.47. The summed E-state index contributed by atoms with van der Waals surface area (Å²) in [5, 5.41) is 0. The first-order valence-corrected chi connectivity index (χ1v) is 6.66. The molecule has 0 saturated carbocycles. The summed E-state index contributed by atoms with van der Waals surface area (Å²) in [6.45, 7) is 1.91. The topological polar surface area (TPSA) is 43.8 Å². The van der Waals surface area contributed by atoms with Gasteiger partial charge in [0.05, 0.1) is 11.0 Å². The Labute approximate surface area is 122 Å². The molecule has 0 aliphatic carbocycles. The number of nitrogen functional groups attached to an aromatic ring is 1. The maximum atomic E-state index is 14.1. The molecule has 0 atom stereocenters. The number of nitrogens with two attached hydrogens (primary N) is 1. The number of halogens is 3. The molecule has 6 heteroatoms. The van der Waals surface area contributed by atoms with Crippen LogP contribution in [-0.2, 0) is 0 Å². The van der Waals surface area contributed by atoms with Gasteiger partial charge in [-0.1, -0.05) is 22.0 Å². The summed E-state index contributed by atoms with van der Waals surface area (Å²) in [5.74, 6) is -1.36. The maximum Gasteiger partial charge on any atom is 0.206 e. The second-order valence-corrected chi connectivity index (χ2v) is 5.43. The van der Waals surface area contributed by atoms with Crippen LogP contribution in [0.1, 0.15) is 5.56 Å². The normalized spacial score (nSPS) is 11.2. The lowest BCUT2D eigenvalue weighted by atomic mass is 10.2. The molecule has 2 N–H and O–H groups in total. The minimum Gasteiger partial charge on any atom is -0.369 e. The third-order valence-corrected chi connectivity index (χ3v) is 3.50. The Morgan fingerprint density at radius 2 is 1.80 bits per heavy atom. The van der Waals surface area contributed by atoms with E-state index < -0.39 is 11.6 Å². The second kappa shape index (κ2) is 4.56. The maximum absolute atomic E-state index is 14.1. The highest BCUT2D eigenvalue weighted by atomic mass is 79.9. The predicted octanol–water partition coefficient (Wildman–Crippen LogP) is 3.96. The first kappa shape index (κ1) is 13.1. The zero-order valence-electron chi connectivity index (χ0n) is 10.5. The standard InChI is InChI=1S/C14H10BrF2N3/c1-7-2-3-12-11(4-7)19-14(18)20(12)13-9(16)5-8(15)6-10(13)17/h2-6H,1H3,(H2,18,19). The molecular weight excluding hydrogens is 328 g/mol. The highest BCUT2D eigenvalue weighted by Crippen LogP contribution is 2.29. The molecule has 2 aromatic carbocycles. The highest BCUT2D eigenvalue weighted by Gasteiger charge is 2.18. The Kier molecular flexibility index (Phi) is 2.97. The summed E-state index contributed by atoms with van der Waals surface area (Å²) in [4.78, 5) is 4.15. The van der Waals surface area contributed by atoms with Crippen molar-refractivity contribution in [2.45, 2.75) is 6.92 Å². The molecule has 3 rings (SSSR count). The SMILES string of the molecule is Cc1ccc2c(c1)nc(N)n2-c1c(F)cc(Br)cc1F. The zero-order chi connectivity index (χ0) is 14.4. The van der Waals surface area contributed by atoms with Crippen molar-refractivity contribution in [1.82, 2.24) is 9.55 Å². The number of benzene rings is 2. The smallest absolute Gasteiger partial charge is 0.206 e. The van der Waals surface area contributed by atoms with Gasteiger partial charge >= 0.3 is 0 Å². The van der Waals surface area contributed by atoms with Crippen LogP contribution in [0.2, 0.25) is 0 Å². The second-order valence-electron chi connectivity index (χ2n) is 4.52. The number of rotatable bonds is 1. The third kappa shape index (κ3) is 1.96. The van der Waals surface area contributed by atoms with Crippen LogP contribution in [0, 0.1) is 18.6 Å². The van der Waals surface area contributed by atoms with Gasteiger partial charge in [0, 0.05) is 4.47 Å². The quantitative estimate of drug-likeness (QED) is 0.730. The Morgan fingerprint density at radius 3 is 2.45 bits per heavy atom. The van der Waals surface area contributed by atoms with Gasteiger partial charge < -0.3 is 5.73 Å². The number of anilines is 1. The van der Waals surface area contributed by atoms with Gasteiger partial charge in [-0.15, -0.1) is 0 Å². The van der Waals surface area contributed by atoms with Crippen LogP contribution >= 0.6 is 15.9 Å². The number of imidazole rings is 1. The molecule has 0 bridgehead atoms. The Morgan fingerprint density at radius 1 is 1.15 bits per heavy atom. The van der Waals surface area contributed by atoms with E-state index >= 15 is 0 Å². The summed E-state index contributed by atoms with van der Waals surface area (Å²) in [6, 6.07) is 7.79. The van der Waals surface area contributed by atoms with Crippen molar-refractivity contribution in [3.63, 3.8) is 0 Å². The lowest BCUT2D eigenvalue weighted by molar-refractivity contribution is 0.570. The highest BCUT2D eigenvalue weighted by molar-refractivity contribution is 9.10. The molecular formula is C14H10BrF2N3.